The van der Waals surface area contributed by atoms with Crippen molar-refractivity contribution < 1.29 is 4.79 Å². The quantitative estimate of drug-likeness (QED) is 0.887. The lowest BCUT2D eigenvalue weighted by atomic mass is 9.95. The molecule has 4 nitrogen and oxygen atoms in total. The van der Waals surface area contributed by atoms with E-state index in [9.17, 15) is 9.59 Å². The summed E-state index contributed by atoms with van der Waals surface area (Å²) in [7, 11) is 0. The van der Waals surface area contributed by atoms with Gasteiger partial charge < -0.3 is 9.88 Å². The number of likely N-dealkylation sites (tertiary alicyclic amines) is 1. The van der Waals surface area contributed by atoms with E-state index in [1.54, 1.807) is 13.0 Å². The van der Waals surface area contributed by atoms with E-state index in [-0.39, 0.29) is 22.4 Å². The number of carbonyl (C=O) groups is 1. The van der Waals surface area contributed by atoms with Crippen molar-refractivity contribution in [3.63, 3.8) is 0 Å². The molecule has 1 saturated heterocycles. The zero-order chi connectivity index (χ0) is 18.7. The molecule has 0 radical (unpaired) electrons. The highest BCUT2D eigenvalue weighted by Crippen LogP contribution is 2.28. The molecule has 1 aliphatic heterocycles. The summed E-state index contributed by atoms with van der Waals surface area (Å²) < 4.78 is 0. The van der Waals surface area contributed by atoms with Gasteiger partial charge in [0, 0.05) is 31.3 Å². The van der Waals surface area contributed by atoms with Crippen molar-refractivity contribution in [1.82, 2.24) is 9.88 Å². The van der Waals surface area contributed by atoms with E-state index in [0.717, 1.165) is 36.2 Å². The Morgan fingerprint density at radius 2 is 2.00 bits per heavy atom. The summed E-state index contributed by atoms with van der Waals surface area (Å²) in [5, 5.41) is 0.179. The number of aromatic nitrogens is 1. The van der Waals surface area contributed by atoms with Crippen LogP contribution in [0.4, 0.5) is 0 Å². The summed E-state index contributed by atoms with van der Waals surface area (Å²) in [6, 6.07) is 11.8. The number of aryl methyl sites for hydroxylation is 1. The smallest absolute Gasteiger partial charge is 0.267 e. The molecule has 1 N–H and O–H groups in total. The molecular formula is C21H23ClN2O2. The van der Waals surface area contributed by atoms with Crippen molar-refractivity contribution in [3.05, 3.63) is 74.7 Å². The van der Waals surface area contributed by atoms with Crippen LogP contribution in [0.5, 0.6) is 0 Å². The fourth-order valence-electron chi connectivity index (χ4n) is 3.32. The van der Waals surface area contributed by atoms with Crippen LogP contribution in [0.15, 0.2) is 47.3 Å². The molecule has 0 saturated carbocycles. The van der Waals surface area contributed by atoms with Crippen LogP contribution in [-0.2, 0) is 11.2 Å². The Morgan fingerprint density at radius 3 is 2.58 bits per heavy atom. The van der Waals surface area contributed by atoms with Gasteiger partial charge in [0.2, 0.25) is 5.91 Å². The third-order valence-electron chi connectivity index (χ3n) is 4.90. The first kappa shape index (κ1) is 18.5. The van der Waals surface area contributed by atoms with Gasteiger partial charge in [-0.25, -0.2) is 0 Å². The topological polar surface area (TPSA) is 53.2 Å². The second kappa shape index (κ2) is 7.92. The number of pyridine rings is 1. The normalized spacial score (nSPS) is 17.6. The van der Waals surface area contributed by atoms with E-state index in [1.165, 1.54) is 5.56 Å². The molecule has 1 aromatic heterocycles. The summed E-state index contributed by atoms with van der Waals surface area (Å²) in [5.74, 6) is 0.369. The highest BCUT2D eigenvalue weighted by Gasteiger charge is 2.23. The lowest BCUT2D eigenvalue weighted by Gasteiger charge is -2.14. The van der Waals surface area contributed by atoms with E-state index in [0.29, 0.717) is 6.54 Å². The maximum absolute atomic E-state index is 12.0. The molecule has 1 aliphatic rings. The fourth-order valence-corrected chi connectivity index (χ4v) is 3.43. The van der Waals surface area contributed by atoms with Crippen molar-refractivity contribution in [2.45, 2.75) is 26.7 Å². The Balaban J connectivity index is 2.00. The number of nitrogens with zero attached hydrogens (tertiary/aromatic N) is 1. The molecule has 26 heavy (non-hydrogen) atoms. The molecule has 1 atom stereocenters. The van der Waals surface area contributed by atoms with Crippen LogP contribution in [-0.4, -0.2) is 28.9 Å². The summed E-state index contributed by atoms with van der Waals surface area (Å²) in [6.07, 6.45) is 4.07. The second-order valence-corrected chi connectivity index (χ2v) is 7.10. The molecule has 0 unspecified atom stereocenters. The SMILES string of the molecule is CCc1ccc(C(=C[C@H]2CCN(C(C)=O)C2)c2ccc(Cl)c(=O)[nH]2)cc1. The van der Waals surface area contributed by atoms with Crippen molar-refractivity contribution in [2.75, 3.05) is 13.1 Å². The van der Waals surface area contributed by atoms with E-state index in [4.69, 9.17) is 11.6 Å². The lowest BCUT2D eigenvalue weighted by molar-refractivity contribution is -0.127. The molecule has 1 aromatic carbocycles. The van der Waals surface area contributed by atoms with Gasteiger partial charge >= 0.3 is 0 Å². The van der Waals surface area contributed by atoms with Gasteiger partial charge in [0.25, 0.3) is 5.56 Å². The van der Waals surface area contributed by atoms with Gasteiger partial charge in [-0.15, -0.1) is 0 Å². The Hall–Kier alpha value is -2.33. The van der Waals surface area contributed by atoms with Crippen LogP contribution in [0, 0.1) is 5.92 Å². The van der Waals surface area contributed by atoms with Crippen LogP contribution in [0.3, 0.4) is 0 Å². The minimum absolute atomic E-state index is 0.106. The molecular weight excluding hydrogens is 348 g/mol. The summed E-state index contributed by atoms with van der Waals surface area (Å²) >= 11 is 5.89. The molecule has 136 valence electrons. The minimum atomic E-state index is -0.294. The minimum Gasteiger partial charge on any atom is -0.342 e. The number of amides is 1. The molecule has 5 heteroatoms. The standard InChI is InChI=1S/C21H23ClN2O2/c1-3-15-4-6-17(7-5-15)18(20-9-8-19(22)21(26)23-20)12-16-10-11-24(13-16)14(2)25/h4-9,12,16H,3,10-11,13H2,1-2H3,(H,23,26)/t16-/m1/s1. The van der Waals surface area contributed by atoms with Crippen LogP contribution >= 0.6 is 11.6 Å². The number of rotatable bonds is 4. The van der Waals surface area contributed by atoms with Gasteiger partial charge in [0.1, 0.15) is 5.02 Å². The first-order chi connectivity index (χ1) is 12.5. The van der Waals surface area contributed by atoms with E-state index >= 15 is 0 Å². The van der Waals surface area contributed by atoms with Gasteiger partial charge in [-0.1, -0.05) is 48.9 Å². The lowest BCUT2D eigenvalue weighted by Crippen LogP contribution is -2.25. The third-order valence-corrected chi connectivity index (χ3v) is 5.19. The third kappa shape index (κ3) is 4.07. The molecule has 1 amide bonds. The summed E-state index contributed by atoms with van der Waals surface area (Å²) in [5.41, 5.74) is 3.72. The highest BCUT2D eigenvalue weighted by molar-refractivity contribution is 6.30. The molecule has 2 heterocycles. The molecule has 0 aliphatic carbocycles. The second-order valence-electron chi connectivity index (χ2n) is 6.69. The Labute approximate surface area is 158 Å². The average Bonchev–Trinajstić information content (AvgIpc) is 3.11. The van der Waals surface area contributed by atoms with Gasteiger partial charge in [0.05, 0.1) is 0 Å². The predicted molar refractivity (Wildman–Crippen MR) is 105 cm³/mol. The fraction of sp³-hybridized carbons (Fsp3) is 0.333. The van der Waals surface area contributed by atoms with Crippen LogP contribution in [0.25, 0.3) is 5.57 Å². The van der Waals surface area contributed by atoms with Gasteiger partial charge in [-0.05, 0) is 42.0 Å². The average molecular weight is 371 g/mol. The van der Waals surface area contributed by atoms with Crippen molar-refractivity contribution >= 4 is 23.1 Å². The highest BCUT2D eigenvalue weighted by atomic mass is 35.5. The van der Waals surface area contributed by atoms with E-state index in [2.05, 4.69) is 42.2 Å². The zero-order valence-electron chi connectivity index (χ0n) is 15.1. The molecule has 1 fully saturated rings. The van der Waals surface area contributed by atoms with Crippen molar-refractivity contribution in [3.8, 4) is 0 Å². The maximum atomic E-state index is 12.0. The molecule has 3 rings (SSSR count). The maximum Gasteiger partial charge on any atom is 0.267 e. The Morgan fingerprint density at radius 1 is 1.27 bits per heavy atom. The number of hydrogen-bond donors (Lipinski definition) is 1. The molecule has 0 spiro atoms. The largest absolute Gasteiger partial charge is 0.342 e. The van der Waals surface area contributed by atoms with Crippen molar-refractivity contribution in [1.29, 1.82) is 0 Å². The number of aromatic amines is 1. The number of nitrogens with one attached hydrogen (secondary N) is 1. The van der Waals surface area contributed by atoms with Crippen LogP contribution < -0.4 is 5.56 Å². The van der Waals surface area contributed by atoms with Crippen molar-refractivity contribution in [2.24, 2.45) is 5.92 Å². The first-order valence-electron chi connectivity index (χ1n) is 8.93. The van der Waals surface area contributed by atoms with Gasteiger partial charge in [-0.3, -0.25) is 9.59 Å². The number of halogens is 1. The zero-order valence-corrected chi connectivity index (χ0v) is 15.8. The Kier molecular flexibility index (Phi) is 5.62. The Bertz CT molecular complexity index is 884. The first-order valence-corrected chi connectivity index (χ1v) is 9.31. The molecule has 2 aromatic rings. The van der Waals surface area contributed by atoms with Gasteiger partial charge in [0.15, 0.2) is 0 Å². The summed E-state index contributed by atoms with van der Waals surface area (Å²) in [6.45, 7) is 5.21. The number of benzene rings is 1. The monoisotopic (exact) mass is 370 g/mol. The van der Waals surface area contributed by atoms with Crippen LogP contribution in [0.1, 0.15) is 37.1 Å². The van der Waals surface area contributed by atoms with E-state index < -0.39 is 0 Å². The number of hydrogen-bond acceptors (Lipinski definition) is 2. The van der Waals surface area contributed by atoms with Crippen LogP contribution in [0.2, 0.25) is 5.02 Å². The number of carbonyl (C=O) groups excluding carboxylic acids is 1. The predicted octanol–water partition coefficient (Wildman–Crippen LogP) is 3.89. The number of H-pyrrole nitrogens is 1. The molecule has 0 bridgehead atoms. The summed E-state index contributed by atoms with van der Waals surface area (Å²) in [4.78, 5) is 28.3. The van der Waals surface area contributed by atoms with Gasteiger partial charge in [-0.2, -0.15) is 0 Å². The van der Waals surface area contributed by atoms with E-state index in [1.807, 2.05) is 11.0 Å².